The Balaban J connectivity index is 2.16. The maximum absolute atomic E-state index is 4.78. The summed E-state index contributed by atoms with van der Waals surface area (Å²) in [6.07, 6.45) is 0. The van der Waals surface area contributed by atoms with Crippen molar-refractivity contribution >= 4 is 17.5 Å². The fourth-order valence-corrected chi connectivity index (χ4v) is 3.31. The summed E-state index contributed by atoms with van der Waals surface area (Å²) in [4.78, 5) is 0. The number of nitrogens with zero attached hydrogens (tertiary/aromatic N) is 5. The fraction of sp³-hybridized carbons (Fsp3) is 0.500. The molecule has 1 aliphatic rings. The van der Waals surface area contributed by atoms with Gasteiger partial charge in [-0.3, -0.25) is 4.57 Å². The number of aryl methyl sites for hydroxylation is 2. The Hall–Kier alpha value is -1.56. The number of fused-ring (bicyclic) bond motifs is 1. The van der Waals surface area contributed by atoms with Crippen molar-refractivity contribution in [3.8, 4) is 5.95 Å². The molecule has 2 aromatic rings. The van der Waals surface area contributed by atoms with Gasteiger partial charge in [-0.1, -0.05) is 32.5 Å². The van der Waals surface area contributed by atoms with E-state index in [0.717, 1.165) is 28.2 Å². The van der Waals surface area contributed by atoms with E-state index in [1.165, 1.54) is 5.71 Å². The standard InChI is InChI=1S/C14H19N5S/c1-9-6-7-10(2)18(9)12-15-16-13-19(12)17-11(8-20-13)14(3,4)5/h6-7H,8H2,1-5H3. The van der Waals surface area contributed by atoms with Gasteiger partial charge in [-0.25, -0.2) is 0 Å². The Morgan fingerprint density at radius 1 is 1.10 bits per heavy atom. The van der Waals surface area contributed by atoms with E-state index in [1.54, 1.807) is 11.8 Å². The Morgan fingerprint density at radius 3 is 2.35 bits per heavy atom. The van der Waals surface area contributed by atoms with E-state index in [4.69, 9.17) is 5.10 Å². The highest BCUT2D eigenvalue weighted by Gasteiger charge is 2.27. The van der Waals surface area contributed by atoms with Gasteiger partial charge in [0.05, 0.1) is 5.71 Å². The molecule has 1 aliphatic heterocycles. The van der Waals surface area contributed by atoms with Gasteiger partial charge in [0.15, 0.2) is 0 Å². The SMILES string of the molecule is Cc1ccc(C)n1-c1nnc2n1N=C(C(C)(C)C)CS2. The minimum Gasteiger partial charge on any atom is -0.286 e. The van der Waals surface area contributed by atoms with Crippen molar-refractivity contribution in [2.75, 3.05) is 5.75 Å². The minimum absolute atomic E-state index is 0.0625. The second-order valence-electron chi connectivity index (χ2n) is 6.13. The van der Waals surface area contributed by atoms with Crippen molar-refractivity contribution in [3.05, 3.63) is 23.5 Å². The zero-order valence-corrected chi connectivity index (χ0v) is 13.3. The molecule has 0 N–H and O–H groups in total. The van der Waals surface area contributed by atoms with Gasteiger partial charge < -0.3 is 0 Å². The molecule has 2 aromatic heterocycles. The van der Waals surface area contributed by atoms with Crippen molar-refractivity contribution < 1.29 is 0 Å². The van der Waals surface area contributed by atoms with Gasteiger partial charge in [-0.15, -0.1) is 10.2 Å². The van der Waals surface area contributed by atoms with Crippen LogP contribution in [-0.4, -0.2) is 30.9 Å². The average Bonchev–Trinajstić information content (AvgIpc) is 2.92. The zero-order valence-electron chi connectivity index (χ0n) is 12.5. The molecule has 0 saturated carbocycles. The molecule has 20 heavy (non-hydrogen) atoms. The number of rotatable bonds is 1. The summed E-state index contributed by atoms with van der Waals surface area (Å²) in [5.41, 5.74) is 3.51. The lowest BCUT2D eigenvalue weighted by atomic mass is 9.91. The number of aromatic nitrogens is 4. The van der Waals surface area contributed by atoms with E-state index >= 15 is 0 Å². The van der Waals surface area contributed by atoms with Crippen LogP contribution in [0.1, 0.15) is 32.2 Å². The van der Waals surface area contributed by atoms with Crippen molar-refractivity contribution in [1.29, 1.82) is 0 Å². The molecule has 0 aliphatic carbocycles. The molecule has 3 heterocycles. The molecule has 0 amide bonds. The van der Waals surface area contributed by atoms with E-state index in [0.29, 0.717) is 0 Å². The van der Waals surface area contributed by atoms with Gasteiger partial charge in [0.1, 0.15) is 0 Å². The van der Waals surface area contributed by atoms with Gasteiger partial charge in [-0.05, 0) is 26.0 Å². The molecule has 0 aromatic carbocycles. The summed E-state index contributed by atoms with van der Waals surface area (Å²) in [5, 5.41) is 14.2. The molecular formula is C14H19N5S. The maximum atomic E-state index is 4.78. The summed E-state index contributed by atoms with van der Waals surface area (Å²) < 4.78 is 3.96. The molecule has 3 rings (SSSR count). The fourth-order valence-electron chi connectivity index (χ4n) is 2.21. The highest BCUT2D eigenvalue weighted by atomic mass is 32.2. The van der Waals surface area contributed by atoms with E-state index in [2.05, 4.69) is 61.5 Å². The lowest BCUT2D eigenvalue weighted by Gasteiger charge is -2.24. The Kier molecular flexibility index (Phi) is 3.01. The first-order valence-corrected chi connectivity index (χ1v) is 7.68. The third-order valence-corrected chi connectivity index (χ3v) is 4.42. The first-order chi connectivity index (χ1) is 9.38. The number of thioether (sulfide) groups is 1. The van der Waals surface area contributed by atoms with Crippen molar-refractivity contribution in [1.82, 2.24) is 19.4 Å². The van der Waals surface area contributed by atoms with Gasteiger partial charge in [-0.2, -0.15) is 9.78 Å². The summed E-state index contributed by atoms with van der Waals surface area (Å²) in [6.45, 7) is 10.7. The quantitative estimate of drug-likeness (QED) is 0.810. The minimum atomic E-state index is 0.0625. The highest BCUT2D eigenvalue weighted by Crippen LogP contribution is 2.30. The Labute approximate surface area is 123 Å². The summed E-state index contributed by atoms with van der Waals surface area (Å²) in [5.74, 6) is 1.65. The van der Waals surface area contributed by atoms with E-state index in [1.807, 2.05) is 4.68 Å². The summed E-state index contributed by atoms with van der Waals surface area (Å²) >= 11 is 1.70. The molecule has 0 saturated heterocycles. The molecule has 0 spiro atoms. The van der Waals surface area contributed by atoms with Gasteiger partial charge in [0.2, 0.25) is 5.16 Å². The lowest BCUT2D eigenvalue weighted by Crippen LogP contribution is -2.27. The van der Waals surface area contributed by atoms with Crippen LogP contribution in [0.5, 0.6) is 0 Å². The number of hydrogen-bond acceptors (Lipinski definition) is 4. The van der Waals surface area contributed by atoms with E-state index in [-0.39, 0.29) is 5.41 Å². The molecule has 0 fully saturated rings. The van der Waals surface area contributed by atoms with Gasteiger partial charge in [0, 0.05) is 22.6 Å². The average molecular weight is 289 g/mol. The molecule has 5 nitrogen and oxygen atoms in total. The first kappa shape index (κ1) is 13.4. The Bertz CT molecular complexity index is 667. The second kappa shape index (κ2) is 4.48. The molecule has 0 atom stereocenters. The number of hydrogen-bond donors (Lipinski definition) is 0. The molecule has 106 valence electrons. The zero-order chi connectivity index (χ0) is 14.5. The first-order valence-electron chi connectivity index (χ1n) is 6.70. The van der Waals surface area contributed by atoms with Crippen LogP contribution in [0.25, 0.3) is 5.95 Å². The molecule has 6 heteroatoms. The molecule has 0 unspecified atom stereocenters. The van der Waals surface area contributed by atoms with Crippen LogP contribution in [0, 0.1) is 19.3 Å². The normalized spacial score (nSPS) is 15.2. The summed E-state index contributed by atoms with van der Waals surface area (Å²) in [6, 6.07) is 4.17. The van der Waals surface area contributed by atoms with Crippen LogP contribution in [0.2, 0.25) is 0 Å². The van der Waals surface area contributed by atoms with Crippen LogP contribution in [0.3, 0.4) is 0 Å². The molecule has 0 radical (unpaired) electrons. The second-order valence-corrected chi connectivity index (χ2v) is 7.07. The van der Waals surface area contributed by atoms with E-state index < -0.39 is 0 Å². The predicted octanol–water partition coefficient (Wildman–Crippen LogP) is 3.04. The topological polar surface area (TPSA) is 48.0 Å². The third kappa shape index (κ3) is 2.08. The largest absolute Gasteiger partial charge is 0.286 e. The van der Waals surface area contributed by atoms with Crippen LogP contribution in [-0.2, 0) is 0 Å². The summed E-state index contributed by atoms with van der Waals surface area (Å²) in [7, 11) is 0. The van der Waals surface area contributed by atoms with E-state index in [9.17, 15) is 0 Å². The highest BCUT2D eigenvalue weighted by molar-refractivity contribution is 7.99. The molecular weight excluding hydrogens is 270 g/mol. The van der Waals surface area contributed by atoms with Crippen molar-refractivity contribution in [3.63, 3.8) is 0 Å². The van der Waals surface area contributed by atoms with Crippen LogP contribution in [0.15, 0.2) is 22.4 Å². The van der Waals surface area contributed by atoms with Gasteiger partial charge >= 0.3 is 0 Å². The van der Waals surface area contributed by atoms with Crippen LogP contribution < -0.4 is 0 Å². The third-order valence-electron chi connectivity index (χ3n) is 3.49. The van der Waals surface area contributed by atoms with Crippen LogP contribution in [0.4, 0.5) is 0 Å². The van der Waals surface area contributed by atoms with Crippen molar-refractivity contribution in [2.24, 2.45) is 10.5 Å². The lowest BCUT2D eigenvalue weighted by molar-refractivity contribution is 0.571. The maximum Gasteiger partial charge on any atom is 0.257 e. The van der Waals surface area contributed by atoms with Gasteiger partial charge in [0.25, 0.3) is 5.95 Å². The van der Waals surface area contributed by atoms with Crippen LogP contribution >= 0.6 is 11.8 Å². The smallest absolute Gasteiger partial charge is 0.257 e. The monoisotopic (exact) mass is 289 g/mol. The predicted molar refractivity (Wildman–Crippen MR) is 81.8 cm³/mol. The molecule has 0 bridgehead atoms. The Morgan fingerprint density at radius 2 is 1.75 bits per heavy atom. The van der Waals surface area contributed by atoms with Crippen molar-refractivity contribution in [2.45, 2.75) is 39.8 Å².